The van der Waals surface area contributed by atoms with Crippen molar-refractivity contribution in [2.24, 2.45) is 10.7 Å². The molecule has 0 saturated carbocycles. The van der Waals surface area contributed by atoms with Crippen LogP contribution < -0.4 is 10.5 Å². The van der Waals surface area contributed by atoms with Crippen LogP contribution in [0.5, 0.6) is 5.75 Å². The van der Waals surface area contributed by atoms with E-state index >= 15 is 0 Å². The Labute approximate surface area is 98.5 Å². The molecule has 0 aliphatic carbocycles. The number of nitrogens with two attached hydrogens (primary N) is 1. The number of halogens is 1. The number of ether oxygens (including phenoxy) is 1. The van der Waals surface area contributed by atoms with Gasteiger partial charge in [-0.1, -0.05) is 22.9 Å². The van der Waals surface area contributed by atoms with Gasteiger partial charge < -0.3 is 10.5 Å². The van der Waals surface area contributed by atoms with E-state index in [1.54, 1.807) is 7.11 Å². The molecule has 1 aromatic rings. The Balaban J connectivity index is 2.94. The minimum atomic E-state index is 0.651. The Bertz CT molecular complexity index is 364. The minimum Gasteiger partial charge on any atom is -0.497 e. The van der Waals surface area contributed by atoms with Crippen molar-refractivity contribution < 1.29 is 4.74 Å². The number of aliphatic imine (C=N–C) groups is 1. The summed E-state index contributed by atoms with van der Waals surface area (Å²) in [6, 6.07) is 5.65. The third kappa shape index (κ3) is 3.91. The highest BCUT2D eigenvalue weighted by Gasteiger charge is 1.99. The van der Waals surface area contributed by atoms with Crippen LogP contribution in [-0.2, 0) is 0 Å². The van der Waals surface area contributed by atoms with Crippen molar-refractivity contribution in [2.75, 3.05) is 7.11 Å². The van der Waals surface area contributed by atoms with Crippen molar-refractivity contribution in [3.05, 3.63) is 22.7 Å². The van der Waals surface area contributed by atoms with E-state index in [4.69, 9.17) is 10.5 Å². The number of hydrogen-bond acceptors (Lipinski definition) is 2. The summed E-state index contributed by atoms with van der Waals surface area (Å²) in [7, 11) is 1.63. The first-order chi connectivity index (χ1) is 7.15. The van der Waals surface area contributed by atoms with Crippen LogP contribution in [0.2, 0.25) is 0 Å². The maximum Gasteiger partial charge on any atom is 0.122 e. The molecular formula is C11H15BrN2O. The van der Waals surface area contributed by atoms with Crippen molar-refractivity contribution >= 4 is 27.5 Å². The van der Waals surface area contributed by atoms with Gasteiger partial charge in [0.25, 0.3) is 0 Å². The molecule has 0 saturated heterocycles. The predicted octanol–water partition coefficient (Wildman–Crippen LogP) is 3.25. The topological polar surface area (TPSA) is 47.6 Å². The normalized spacial score (nSPS) is 11.5. The van der Waals surface area contributed by atoms with Crippen molar-refractivity contribution in [3.63, 3.8) is 0 Å². The standard InChI is InChI=1S/C11H15BrN2O/c1-3-4-11(13)14-9-5-8(12)6-10(7-9)15-2/h5-7H,3-4H2,1-2H3,(H2,13,14). The highest BCUT2D eigenvalue weighted by molar-refractivity contribution is 9.10. The Morgan fingerprint density at radius 1 is 1.47 bits per heavy atom. The highest BCUT2D eigenvalue weighted by Crippen LogP contribution is 2.26. The van der Waals surface area contributed by atoms with E-state index in [0.717, 1.165) is 28.8 Å². The number of hydrogen-bond donors (Lipinski definition) is 1. The Hall–Kier alpha value is -1.03. The molecule has 2 N–H and O–H groups in total. The SMILES string of the molecule is CCCC(N)=Nc1cc(Br)cc(OC)c1. The third-order valence-electron chi connectivity index (χ3n) is 1.87. The quantitative estimate of drug-likeness (QED) is 0.675. The van der Waals surface area contributed by atoms with E-state index in [9.17, 15) is 0 Å². The molecule has 0 aliphatic rings. The lowest BCUT2D eigenvalue weighted by atomic mass is 10.3. The van der Waals surface area contributed by atoms with Crippen molar-refractivity contribution in [2.45, 2.75) is 19.8 Å². The van der Waals surface area contributed by atoms with Crippen LogP contribution in [0, 0.1) is 0 Å². The molecular weight excluding hydrogens is 256 g/mol. The van der Waals surface area contributed by atoms with Gasteiger partial charge in [0.15, 0.2) is 0 Å². The molecule has 1 rings (SSSR count). The molecule has 0 unspecified atom stereocenters. The van der Waals surface area contributed by atoms with Gasteiger partial charge in [-0.2, -0.15) is 0 Å². The fourth-order valence-corrected chi connectivity index (χ4v) is 1.67. The number of methoxy groups -OCH3 is 1. The Morgan fingerprint density at radius 3 is 2.80 bits per heavy atom. The molecule has 0 spiro atoms. The fourth-order valence-electron chi connectivity index (χ4n) is 1.21. The van der Waals surface area contributed by atoms with E-state index in [1.807, 2.05) is 18.2 Å². The first-order valence-electron chi connectivity index (χ1n) is 4.83. The summed E-state index contributed by atoms with van der Waals surface area (Å²) in [4.78, 5) is 4.30. The van der Waals surface area contributed by atoms with Gasteiger partial charge >= 0.3 is 0 Å². The van der Waals surface area contributed by atoms with E-state index in [1.165, 1.54) is 0 Å². The maximum absolute atomic E-state index is 5.75. The molecule has 0 heterocycles. The first kappa shape index (κ1) is 12.0. The van der Waals surface area contributed by atoms with Gasteiger partial charge in [-0.15, -0.1) is 0 Å². The highest BCUT2D eigenvalue weighted by atomic mass is 79.9. The summed E-state index contributed by atoms with van der Waals surface area (Å²) in [5, 5.41) is 0. The average Bonchev–Trinajstić information content (AvgIpc) is 2.17. The van der Waals surface area contributed by atoms with E-state index < -0.39 is 0 Å². The zero-order chi connectivity index (χ0) is 11.3. The number of rotatable bonds is 4. The molecule has 0 aliphatic heterocycles. The van der Waals surface area contributed by atoms with Gasteiger partial charge in [-0.25, -0.2) is 4.99 Å². The zero-order valence-corrected chi connectivity index (χ0v) is 10.5. The van der Waals surface area contributed by atoms with Crippen LogP contribution in [0.25, 0.3) is 0 Å². The van der Waals surface area contributed by atoms with Crippen LogP contribution in [0.15, 0.2) is 27.7 Å². The van der Waals surface area contributed by atoms with Crippen LogP contribution >= 0.6 is 15.9 Å². The molecule has 0 bridgehead atoms. The van der Waals surface area contributed by atoms with Gasteiger partial charge in [0.1, 0.15) is 5.75 Å². The third-order valence-corrected chi connectivity index (χ3v) is 2.33. The minimum absolute atomic E-state index is 0.651. The molecule has 4 heteroatoms. The summed E-state index contributed by atoms with van der Waals surface area (Å²) in [6.07, 6.45) is 1.81. The molecule has 3 nitrogen and oxygen atoms in total. The maximum atomic E-state index is 5.75. The molecule has 0 atom stereocenters. The second-order valence-corrected chi connectivity index (χ2v) is 4.12. The average molecular weight is 271 g/mol. The Morgan fingerprint density at radius 2 is 2.20 bits per heavy atom. The molecule has 1 aromatic carbocycles. The summed E-state index contributed by atoms with van der Waals surface area (Å²) < 4.78 is 6.07. The van der Waals surface area contributed by atoms with Gasteiger partial charge in [-0.3, -0.25) is 0 Å². The van der Waals surface area contributed by atoms with Crippen LogP contribution in [-0.4, -0.2) is 12.9 Å². The molecule has 0 aromatic heterocycles. The lowest BCUT2D eigenvalue weighted by molar-refractivity contribution is 0.414. The zero-order valence-electron chi connectivity index (χ0n) is 8.96. The molecule has 0 amide bonds. The number of nitrogens with zero attached hydrogens (tertiary/aromatic N) is 1. The van der Waals surface area contributed by atoms with Crippen LogP contribution in [0.3, 0.4) is 0 Å². The molecule has 15 heavy (non-hydrogen) atoms. The predicted molar refractivity (Wildman–Crippen MR) is 66.9 cm³/mol. The van der Waals surface area contributed by atoms with E-state index in [2.05, 4.69) is 27.8 Å². The van der Waals surface area contributed by atoms with E-state index in [-0.39, 0.29) is 0 Å². The smallest absolute Gasteiger partial charge is 0.122 e. The lowest BCUT2D eigenvalue weighted by Gasteiger charge is -2.03. The summed E-state index contributed by atoms with van der Waals surface area (Å²) in [6.45, 7) is 2.07. The van der Waals surface area contributed by atoms with Crippen molar-refractivity contribution in [1.29, 1.82) is 0 Å². The first-order valence-corrected chi connectivity index (χ1v) is 5.62. The summed E-state index contributed by atoms with van der Waals surface area (Å²) in [5.41, 5.74) is 6.56. The van der Waals surface area contributed by atoms with E-state index in [0.29, 0.717) is 5.84 Å². The molecule has 82 valence electrons. The lowest BCUT2D eigenvalue weighted by Crippen LogP contribution is -2.09. The van der Waals surface area contributed by atoms with Gasteiger partial charge in [0, 0.05) is 17.0 Å². The number of amidine groups is 1. The monoisotopic (exact) mass is 270 g/mol. The van der Waals surface area contributed by atoms with Crippen LogP contribution in [0.1, 0.15) is 19.8 Å². The second-order valence-electron chi connectivity index (χ2n) is 3.20. The van der Waals surface area contributed by atoms with Gasteiger partial charge in [0.2, 0.25) is 0 Å². The Kier molecular flexibility index (Phi) is 4.62. The van der Waals surface area contributed by atoms with Gasteiger partial charge in [0.05, 0.1) is 18.6 Å². The van der Waals surface area contributed by atoms with Gasteiger partial charge in [-0.05, 0) is 18.6 Å². The fraction of sp³-hybridized carbons (Fsp3) is 0.364. The molecule has 0 radical (unpaired) electrons. The van der Waals surface area contributed by atoms with Crippen molar-refractivity contribution in [1.82, 2.24) is 0 Å². The summed E-state index contributed by atoms with van der Waals surface area (Å²) >= 11 is 3.39. The molecule has 0 fully saturated rings. The number of benzene rings is 1. The van der Waals surface area contributed by atoms with Crippen LogP contribution in [0.4, 0.5) is 5.69 Å². The largest absolute Gasteiger partial charge is 0.497 e. The second kappa shape index (κ2) is 5.75. The summed E-state index contributed by atoms with van der Waals surface area (Å²) in [5.74, 6) is 1.42. The van der Waals surface area contributed by atoms with Crippen molar-refractivity contribution in [3.8, 4) is 5.75 Å².